The van der Waals surface area contributed by atoms with Gasteiger partial charge in [0.15, 0.2) is 0 Å². The molecule has 0 saturated heterocycles. The lowest BCUT2D eigenvalue weighted by atomic mass is 9.76. The van der Waals surface area contributed by atoms with Gasteiger partial charge >= 0.3 is 0 Å². The molecule has 2 nitrogen and oxygen atoms in total. The SMILES string of the molecule is CC(C)(C)c1c(-c2cccc3oc4ccccc4c23)cccc1-c1cccc2oc3ccccc3c12. The number of hydrogen-bond donors (Lipinski definition) is 0. The van der Waals surface area contributed by atoms with Crippen LogP contribution in [-0.2, 0) is 5.41 Å². The first-order valence-corrected chi connectivity index (χ1v) is 12.5. The lowest BCUT2D eigenvalue weighted by molar-refractivity contribution is 0.594. The van der Waals surface area contributed by atoms with E-state index >= 15 is 0 Å². The second kappa shape index (κ2) is 7.60. The van der Waals surface area contributed by atoms with Gasteiger partial charge in [0.25, 0.3) is 0 Å². The molecule has 0 aliphatic rings. The summed E-state index contributed by atoms with van der Waals surface area (Å²) in [4.78, 5) is 0. The van der Waals surface area contributed by atoms with Crippen molar-refractivity contribution < 1.29 is 8.83 Å². The van der Waals surface area contributed by atoms with E-state index in [2.05, 4.69) is 99.6 Å². The lowest BCUT2D eigenvalue weighted by Crippen LogP contribution is -2.14. The molecule has 0 aliphatic carbocycles. The van der Waals surface area contributed by atoms with Crippen molar-refractivity contribution in [1.29, 1.82) is 0 Å². The summed E-state index contributed by atoms with van der Waals surface area (Å²) >= 11 is 0. The molecule has 0 radical (unpaired) electrons. The lowest BCUT2D eigenvalue weighted by Gasteiger charge is -2.27. The van der Waals surface area contributed by atoms with Gasteiger partial charge in [0.2, 0.25) is 0 Å². The third kappa shape index (κ3) is 3.04. The Balaban J connectivity index is 1.60. The monoisotopic (exact) mass is 466 g/mol. The Morgan fingerprint density at radius 3 is 1.28 bits per heavy atom. The number of furan rings is 2. The highest BCUT2D eigenvalue weighted by Gasteiger charge is 2.26. The molecular formula is C34H26O2. The highest BCUT2D eigenvalue weighted by atomic mass is 16.3. The molecule has 0 amide bonds. The van der Waals surface area contributed by atoms with Gasteiger partial charge in [-0.15, -0.1) is 0 Å². The van der Waals surface area contributed by atoms with Crippen molar-refractivity contribution in [2.24, 2.45) is 0 Å². The largest absolute Gasteiger partial charge is 0.456 e. The van der Waals surface area contributed by atoms with E-state index in [1.165, 1.54) is 38.6 Å². The van der Waals surface area contributed by atoms with E-state index in [1.807, 2.05) is 24.3 Å². The zero-order valence-electron chi connectivity index (χ0n) is 20.6. The van der Waals surface area contributed by atoms with Crippen molar-refractivity contribution in [3.63, 3.8) is 0 Å². The molecule has 2 aromatic heterocycles. The molecule has 0 atom stereocenters. The van der Waals surface area contributed by atoms with Crippen molar-refractivity contribution >= 4 is 43.9 Å². The third-order valence-electron chi connectivity index (χ3n) is 7.20. The van der Waals surface area contributed by atoms with Crippen LogP contribution in [0.2, 0.25) is 0 Å². The fourth-order valence-corrected chi connectivity index (χ4v) is 5.81. The van der Waals surface area contributed by atoms with E-state index in [0.29, 0.717) is 0 Å². The Bertz CT molecular complexity index is 1790. The van der Waals surface area contributed by atoms with Gasteiger partial charge in [-0.25, -0.2) is 0 Å². The Morgan fingerprint density at radius 1 is 0.417 bits per heavy atom. The van der Waals surface area contributed by atoms with Gasteiger partial charge in [-0.1, -0.05) is 99.6 Å². The first-order chi connectivity index (χ1) is 17.5. The van der Waals surface area contributed by atoms with Crippen LogP contribution in [0.15, 0.2) is 112 Å². The van der Waals surface area contributed by atoms with Crippen molar-refractivity contribution in [2.75, 3.05) is 0 Å². The van der Waals surface area contributed by atoms with Crippen molar-refractivity contribution in [1.82, 2.24) is 0 Å². The van der Waals surface area contributed by atoms with Gasteiger partial charge in [0.05, 0.1) is 0 Å². The second-order valence-corrected chi connectivity index (χ2v) is 10.5. The molecule has 0 bridgehead atoms. The molecule has 0 N–H and O–H groups in total. The third-order valence-corrected chi connectivity index (χ3v) is 7.20. The molecule has 174 valence electrons. The topological polar surface area (TPSA) is 26.3 Å². The summed E-state index contributed by atoms with van der Waals surface area (Å²) in [6, 6.07) is 36.1. The van der Waals surface area contributed by atoms with Crippen molar-refractivity contribution in [3.05, 3.63) is 109 Å². The maximum Gasteiger partial charge on any atom is 0.136 e. The van der Waals surface area contributed by atoms with Gasteiger partial charge in [-0.2, -0.15) is 0 Å². The molecule has 7 rings (SSSR count). The average molecular weight is 467 g/mol. The van der Waals surface area contributed by atoms with Crippen LogP contribution in [0.4, 0.5) is 0 Å². The van der Waals surface area contributed by atoms with Crippen LogP contribution in [0.5, 0.6) is 0 Å². The van der Waals surface area contributed by atoms with Crippen molar-refractivity contribution in [2.45, 2.75) is 26.2 Å². The van der Waals surface area contributed by atoms with Gasteiger partial charge in [-0.05, 0) is 57.5 Å². The summed E-state index contributed by atoms with van der Waals surface area (Å²) in [5, 5.41) is 4.64. The van der Waals surface area contributed by atoms with Gasteiger partial charge in [-0.3, -0.25) is 0 Å². The minimum Gasteiger partial charge on any atom is -0.456 e. The number of para-hydroxylation sites is 2. The zero-order valence-corrected chi connectivity index (χ0v) is 20.6. The van der Waals surface area contributed by atoms with Gasteiger partial charge in [0.1, 0.15) is 22.3 Å². The van der Waals surface area contributed by atoms with Crippen molar-refractivity contribution in [3.8, 4) is 22.3 Å². The smallest absolute Gasteiger partial charge is 0.136 e. The van der Waals surface area contributed by atoms with Crippen LogP contribution in [0.1, 0.15) is 26.3 Å². The number of rotatable bonds is 2. The fraction of sp³-hybridized carbons (Fsp3) is 0.118. The van der Waals surface area contributed by atoms with Gasteiger partial charge < -0.3 is 8.83 Å². The normalized spacial score (nSPS) is 12.3. The van der Waals surface area contributed by atoms with E-state index in [9.17, 15) is 0 Å². The molecule has 5 aromatic carbocycles. The molecular weight excluding hydrogens is 440 g/mol. The minimum atomic E-state index is -0.102. The molecule has 0 unspecified atom stereocenters. The standard InChI is InChI=1S/C34H26O2/c1-34(2,3)33-23(21-13-9-19-29-31(21)25-11-4-6-17-27(25)35-29)15-8-16-24(33)22-14-10-20-30-32(22)26-12-5-7-18-28(26)36-30/h4-20H,1-3H3. The molecule has 0 aliphatic heterocycles. The predicted molar refractivity (Wildman–Crippen MR) is 151 cm³/mol. The molecule has 7 aromatic rings. The van der Waals surface area contributed by atoms with Crippen LogP contribution in [0.3, 0.4) is 0 Å². The molecule has 2 heterocycles. The second-order valence-electron chi connectivity index (χ2n) is 10.5. The Labute approximate surface area is 209 Å². The highest BCUT2D eigenvalue weighted by Crippen LogP contribution is 2.46. The van der Waals surface area contributed by atoms with E-state index in [0.717, 1.165) is 33.1 Å². The highest BCUT2D eigenvalue weighted by molar-refractivity contribution is 6.15. The first kappa shape index (κ1) is 21.0. The molecule has 0 saturated carbocycles. The summed E-state index contributed by atoms with van der Waals surface area (Å²) in [7, 11) is 0. The van der Waals surface area contributed by atoms with E-state index in [4.69, 9.17) is 8.83 Å². The summed E-state index contributed by atoms with van der Waals surface area (Å²) in [6.45, 7) is 6.91. The fourth-order valence-electron chi connectivity index (χ4n) is 5.81. The Morgan fingerprint density at radius 2 is 0.806 bits per heavy atom. The van der Waals surface area contributed by atoms with Crippen LogP contribution in [-0.4, -0.2) is 0 Å². The van der Waals surface area contributed by atoms with Gasteiger partial charge in [0, 0.05) is 21.5 Å². The predicted octanol–water partition coefficient (Wildman–Crippen LogP) is 10.1. The van der Waals surface area contributed by atoms with Crippen LogP contribution in [0, 0.1) is 0 Å². The van der Waals surface area contributed by atoms with E-state index in [1.54, 1.807) is 0 Å². The Kier molecular flexibility index (Phi) is 4.44. The number of hydrogen-bond acceptors (Lipinski definition) is 2. The number of fused-ring (bicyclic) bond motifs is 6. The zero-order chi connectivity index (χ0) is 24.4. The van der Waals surface area contributed by atoms with E-state index in [-0.39, 0.29) is 5.41 Å². The molecule has 36 heavy (non-hydrogen) atoms. The van der Waals surface area contributed by atoms with Crippen LogP contribution >= 0.6 is 0 Å². The Hall–Kier alpha value is -4.30. The maximum absolute atomic E-state index is 6.24. The quantitative estimate of drug-likeness (QED) is 0.253. The average Bonchev–Trinajstić information content (AvgIpc) is 3.46. The maximum atomic E-state index is 6.24. The van der Waals surface area contributed by atoms with Crippen LogP contribution < -0.4 is 0 Å². The minimum absolute atomic E-state index is 0.102. The molecule has 2 heteroatoms. The molecule has 0 fully saturated rings. The summed E-state index contributed by atoms with van der Waals surface area (Å²) in [5.74, 6) is 0. The first-order valence-electron chi connectivity index (χ1n) is 12.5. The summed E-state index contributed by atoms with van der Waals surface area (Å²) in [5.41, 5.74) is 9.77. The van der Waals surface area contributed by atoms with Crippen LogP contribution in [0.25, 0.3) is 66.1 Å². The summed E-state index contributed by atoms with van der Waals surface area (Å²) in [6.07, 6.45) is 0. The van der Waals surface area contributed by atoms with E-state index < -0.39 is 0 Å². The summed E-state index contributed by atoms with van der Waals surface area (Å²) < 4.78 is 12.5. The molecule has 0 spiro atoms. The number of benzene rings is 5.